The molecule has 3 aromatic rings. The summed E-state index contributed by atoms with van der Waals surface area (Å²) in [6.45, 7) is 3.02. The molecule has 0 aliphatic rings. The van der Waals surface area contributed by atoms with Crippen LogP contribution in [0, 0.1) is 16.7 Å². The zero-order valence-electron chi connectivity index (χ0n) is 20.4. The van der Waals surface area contributed by atoms with Gasteiger partial charge in [0.2, 0.25) is 11.8 Å². The normalized spacial score (nSPS) is 10.1. The lowest BCUT2D eigenvalue weighted by Gasteiger charge is -2.16. The molecule has 0 saturated heterocycles. The number of carbonyl (C=O) groups excluding carboxylic acids is 3. The number of carbonyl (C=O) groups is 4. The molecule has 0 unspecified atom stereocenters. The zero-order chi connectivity index (χ0) is 28.0. The fourth-order valence-corrected chi connectivity index (χ4v) is 3.51. The highest BCUT2D eigenvalue weighted by molar-refractivity contribution is 6.48. The first-order valence-electron chi connectivity index (χ1n) is 11.3. The van der Waals surface area contributed by atoms with Crippen LogP contribution in [0.2, 0.25) is 0 Å². The minimum Gasteiger partial charge on any atom is -0.507 e. The summed E-state index contributed by atoms with van der Waals surface area (Å²) in [5, 5.41) is 45.2. The van der Waals surface area contributed by atoms with E-state index in [1.165, 1.54) is 31.2 Å². The van der Waals surface area contributed by atoms with Crippen molar-refractivity contribution in [3.63, 3.8) is 0 Å². The monoisotopic (exact) mass is 513 g/mol. The van der Waals surface area contributed by atoms with Gasteiger partial charge in [-0.3, -0.25) is 19.8 Å². The van der Waals surface area contributed by atoms with Crippen LogP contribution in [0.5, 0.6) is 5.75 Å². The summed E-state index contributed by atoms with van der Waals surface area (Å²) in [4.78, 5) is 47.9. The van der Waals surface area contributed by atoms with Crippen LogP contribution in [-0.4, -0.2) is 39.6 Å². The van der Waals surface area contributed by atoms with Gasteiger partial charge in [-0.2, -0.15) is 5.26 Å². The number of hydrogen-bond acceptors (Lipinski definition) is 7. The Labute approximate surface area is 217 Å². The predicted octanol–water partition coefficient (Wildman–Crippen LogP) is 3.94. The standard InChI is InChI=1S/C27H23N5O6/c1-3-24(35)31-22-11-20(23(34)12-18(22)16-5-7-17(8-6-16)30-14(2)33)25(29)26(36)32-21-9-4-15(13-28)10-19(21)27(37)38/h4-12,29,34H,3H2,1-2H3,(H,30,33)(H,31,35)(H,32,36)(H,37,38). The van der Waals surface area contributed by atoms with Crippen LogP contribution in [0.15, 0.2) is 54.6 Å². The second kappa shape index (κ2) is 11.5. The van der Waals surface area contributed by atoms with Crippen molar-refractivity contribution in [2.24, 2.45) is 0 Å². The zero-order valence-corrected chi connectivity index (χ0v) is 20.4. The van der Waals surface area contributed by atoms with Crippen LogP contribution in [-0.2, 0) is 14.4 Å². The molecule has 0 heterocycles. The molecule has 3 aromatic carbocycles. The summed E-state index contributed by atoms with van der Waals surface area (Å²) >= 11 is 0. The maximum Gasteiger partial charge on any atom is 0.337 e. The highest BCUT2D eigenvalue weighted by Gasteiger charge is 2.22. The van der Waals surface area contributed by atoms with Gasteiger partial charge in [0.1, 0.15) is 11.5 Å². The fourth-order valence-electron chi connectivity index (χ4n) is 3.51. The third-order valence-electron chi connectivity index (χ3n) is 5.37. The maximum absolute atomic E-state index is 12.8. The number of phenols is 1. The van der Waals surface area contributed by atoms with Gasteiger partial charge in [-0.15, -0.1) is 0 Å². The third kappa shape index (κ3) is 6.19. The first kappa shape index (κ1) is 27.1. The molecular weight excluding hydrogens is 490 g/mol. The summed E-state index contributed by atoms with van der Waals surface area (Å²) < 4.78 is 0. The van der Waals surface area contributed by atoms with Gasteiger partial charge in [0.15, 0.2) is 0 Å². The molecule has 3 amide bonds. The Hall–Kier alpha value is -5.50. The van der Waals surface area contributed by atoms with Gasteiger partial charge in [0.05, 0.1) is 22.9 Å². The van der Waals surface area contributed by atoms with E-state index in [0.717, 1.165) is 6.07 Å². The van der Waals surface area contributed by atoms with Crippen molar-refractivity contribution in [2.45, 2.75) is 20.3 Å². The van der Waals surface area contributed by atoms with Gasteiger partial charge in [-0.1, -0.05) is 19.1 Å². The molecule has 3 rings (SSSR count). The summed E-state index contributed by atoms with van der Waals surface area (Å²) in [6.07, 6.45) is 0.145. The summed E-state index contributed by atoms with van der Waals surface area (Å²) in [7, 11) is 0. The van der Waals surface area contributed by atoms with Crippen LogP contribution >= 0.6 is 0 Å². The molecule has 192 valence electrons. The number of nitriles is 1. The summed E-state index contributed by atoms with van der Waals surface area (Å²) in [6, 6.07) is 14.6. The molecule has 0 aromatic heterocycles. The molecule has 0 bridgehead atoms. The molecule has 11 nitrogen and oxygen atoms in total. The molecule has 6 N–H and O–H groups in total. The predicted molar refractivity (Wildman–Crippen MR) is 140 cm³/mol. The van der Waals surface area contributed by atoms with Gasteiger partial charge in [0, 0.05) is 35.8 Å². The number of benzene rings is 3. The maximum atomic E-state index is 12.8. The van der Waals surface area contributed by atoms with E-state index in [1.54, 1.807) is 31.2 Å². The Morgan fingerprint density at radius 1 is 0.921 bits per heavy atom. The topological polar surface area (TPSA) is 192 Å². The molecular formula is C27H23N5O6. The largest absolute Gasteiger partial charge is 0.507 e. The molecule has 0 aliphatic heterocycles. The van der Waals surface area contributed by atoms with E-state index in [1.807, 2.05) is 6.07 Å². The molecule has 0 saturated carbocycles. The van der Waals surface area contributed by atoms with Crippen LogP contribution in [0.25, 0.3) is 11.1 Å². The lowest BCUT2D eigenvalue weighted by atomic mass is 9.97. The minimum absolute atomic E-state index is 0.0742. The number of hydrogen-bond donors (Lipinski definition) is 6. The molecule has 11 heteroatoms. The number of nitrogens with zero attached hydrogens (tertiary/aromatic N) is 1. The molecule has 0 fully saturated rings. The summed E-state index contributed by atoms with van der Waals surface area (Å²) in [5.74, 6) is -3.43. The van der Waals surface area contributed by atoms with Crippen molar-refractivity contribution in [3.05, 3.63) is 71.3 Å². The molecule has 0 radical (unpaired) electrons. The van der Waals surface area contributed by atoms with Crippen molar-refractivity contribution in [1.82, 2.24) is 0 Å². The van der Waals surface area contributed by atoms with E-state index < -0.39 is 23.3 Å². The Morgan fingerprint density at radius 3 is 2.18 bits per heavy atom. The van der Waals surface area contributed by atoms with Crippen molar-refractivity contribution < 1.29 is 29.4 Å². The quantitative estimate of drug-likeness (QED) is 0.194. The number of nitrogens with one attached hydrogen (secondary N) is 4. The van der Waals surface area contributed by atoms with E-state index >= 15 is 0 Å². The second-order valence-corrected chi connectivity index (χ2v) is 8.08. The number of amides is 3. The highest BCUT2D eigenvalue weighted by Crippen LogP contribution is 2.35. The van der Waals surface area contributed by atoms with E-state index in [9.17, 15) is 29.4 Å². The number of aromatic hydroxyl groups is 1. The van der Waals surface area contributed by atoms with Gasteiger partial charge in [0.25, 0.3) is 5.91 Å². The van der Waals surface area contributed by atoms with Crippen molar-refractivity contribution >= 4 is 46.5 Å². The Kier molecular flexibility index (Phi) is 8.19. The van der Waals surface area contributed by atoms with E-state index in [-0.39, 0.29) is 46.3 Å². The average Bonchev–Trinajstić information content (AvgIpc) is 2.89. The number of carboxylic acid groups (broad SMARTS) is 1. The van der Waals surface area contributed by atoms with Crippen molar-refractivity contribution in [2.75, 3.05) is 16.0 Å². The Balaban J connectivity index is 1.99. The number of carboxylic acids is 1. The SMILES string of the molecule is CCC(=O)Nc1cc(C(=N)C(=O)Nc2ccc(C#N)cc2C(=O)O)c(O)cc1-c1ccc(NC(C)=O)cc1. The van der Waals surface area contributed by atoms with Crippen LogP contribution in [0.4, 0.5) is 17.1 Å². The van der Waals surface area contributed by atoms with Crippen LogP contribution in [0.3, 0.4) is 0 Å². The first-order chi connectivity index (χ1) is 18.0. The number of rotatable bonds is 8. The van der Waals surface area contributed by atoms with Gasteiger partial charge >= 0.3 is 5.97 Å². The van der Waals surface area contributed by atoms with Gasteiger partial charge < -0.3 is 26.2 Å². The molecule has 38 heavy (non-hydrogen) atoms. The van der Waals surface area contributed by atoms with Crippen molar-refractivity contribution in [3.8, 4) is 22.9 Å². The lowest BCUT2D eigenvalue weighted by molar-refractivity contribution is -0.116. The number of anilines is 3. The van der Waals surface area contributed by atoms with E-state index in [2.05, 4.69) is 16.0 Å². The highest BCUT2D eigenvalue weighted by atomic mass is 16.4. The minimum atomic E-state index is -1.38. The number of aromatic carboxylic acids is 1. The fraction of sp³-hybridized carbons (Fsp3) is 0.111. The second-order valence-electron chi connectivity index (χ2n) is 8.08. The Bertz CT molecular complexity index is 1510. The third-order valence-corrected chi connectivity index (χ3v) is 5.37. The average molecular weight is 514 g/mol. The molecule has 0 atom stereocenters. The van der Waals surface area contributed by atoms with Gasteiger partial charge in [-0.05, 0) is 48.0 Å². The van der Waals surface area contributed by atoms with Crippen LogP contribution in [0.1, 0.15) is 41.8 Å². The van der Waals surface area contributed by atoms with Gasteiger partial charge in [-0.25, -0.2) is 4.79 Å². The molecule has 0 spiro atoms. The van der Waals surface area contributed by atoms with Crippen molar-refractivity contribution in [1.29, 1.82) is 10.7 Å². The smallest absolute Gasteiger partial charge is 0.337 e. The summed E-state index contributed by atoms with van der Waals surface area (Å²) in [5.41, 5.74) is 0.431. The number of phenolic OH excluding ortho intramolecular Hbond substituents is 1. The Morgan fingerprint density at radius 2 is 1.61 bits per heavy atom. The molecule has 0 aliphatic carbocycles. The van der Waals surface area contributed by atoms with E-state index in [0.29, 0.717) is 16.8 Å². The van der Waals surface area contributed by atoms with Crippen LogP contribution < -0.4 is 16.0 Å². The lowest BCUT2D eigenvalue weighted by Crippen LogP contribution is -2.24. The first-order valence-corrected chi connectivity index (χ1v) is 11.3. The van der Waals surface area contributed by atoms with E-state index in [4.69, 9.17) is 10.7 Å².